The Morgan fingerprint density at radius 2 is 1.62 bits per heavy atom. The van der Waals surface area contributed by atoms with Crippen molar-refractivity contribution < 1.29 is 22.7 Å². The van der Waals surface area contributed by atoms with Gasteiger partial charge in [0.2, 0.25) is 0 Å². The lowest BCUT2D eigenvalue weighted by Gasteiger charge is -2.15. The van der Waals surface area contributed by atoms with Gasteiger partial charge in [-0.25, -0.2) is 8.42 Å². The SMILES string of the molecule is COc1cc(NS(=O)(=O)c2ccc(Cl)cc2)c(C(N)=O)cc1OC. The standard InChI is InChI=1S/C15H15ClN2O5S/c1-22-13-7-11(15(17)19)12(8-14(13)23-2)18-24(20,21)10-5-3-9(16)4-6-10/h3-8,18H,1-2H3,(H2,17,19). The fraction of sp³-hybridized carbons (Fsp3) is 0.133. The number of carbonyl (C=O) groups is 1. The predicted octanol–water partition coefficient (Wildman–Crippen LogP) is 2.26. The average Bonchev–Trinajstić information content (AvgIpc) is 2.54. The first-order valence-corrected chi connectivity index (χ1v) is 8.49. The van der Waals surface area contributed by atoms with Crippen LogP contribution in [-0.4, -0.2) is 28.5 Å². The van der Waals surface area contributed by atoms with Crippen LogP contribution < -0.4 is 19.9 Å². The van der Waals surface area contributed by atoms with Gasteiger partial charge in [-0.15, -0.1) is 0 Å². The van der Waals surface area contributed by atoms with Crippen LogP contribution in [0.4, 0.5) is 5.69 Å². The molecule has 0 aliphatic carbocycles. The number of nitrogens with two attached hydrogens (primary N) is 1. The van der Waals surface area contributed by atoms with E-state index in [4.69, 9.17) is 26.8 Å². The molecule has 1 amide bonds. The van der Waals surface area contributed by atoms with Crippen molar-refractivity contribution in [2.24, 2.45) is 5.73 Å². The van der Waals surface area contributed by atoms with Crippen LogP contribution in [0.3, 0.4) is 0 Å². The molecule has 0 saturated heterocycles. The lowest BCUT2D eigenvalue weighted by atomic mass is 10.1. The van der Waals surface area contributed by atoms with E-state index in [0.29, 0.717) is 5.02 Å². The van der Waals surface area contributed by atoms with Gasteiger partial charge in [-0.1, -0.05) is 11.6 Å². The number of anilines is 1. The fourth-order valence-electron chi connectivity index (χ4n) is 1.98. The molecule has 2 aromatic carbocycles. The highest BCUT2D eigenvalue weighted by molar-refractivity contribution is 7.92. The molecule has 0 fully saturated rings. The van der Waals surface area contributed by atoms with Gasteiger partial charge in [-0.05, 0) is 30.3 Å². The van der Waals surface area contributed by atoms with Crippen molar-refractivity contribution in [1.29, 1.82) is 0 Å². The second kappa shape index (κ2) is 6.98. The molecule has 0 radical (unpaired) electrons. The number of carbonyl (C=O) groups excluding carboxylic acids is 1. The van der Waals surface area contributed by atoms with Crippen LogP contribution in [0.5, 0.6) is 11.5 Å². The number of benzene rings is 2. The summed E-state index contributed by atoms with van der Waals surface area (Å²) in [7, 11) is -1.17. The van der Waals surface area contributed by atoms with Gasteiger partial charge < -0.3 is 15.2 Å². The third kappa shape index (κ3) is 3.72. The molecule has 0 spiro atoms. The van der Waals surface area contributed by atoms with Crippen molar-refractivity contribution in [2.45, 2.75) is 4.90 Å². The number of amides is 1. The number of hydrogen-bond donors (Lipinski definition) is 2. The molecule has 9 heteroatoms. The molecule has 0 saturated carbocycles. The van der Waals surface area contributed by atoms with Crippen molar-refractivity contribution >= 4 is 33.2 Å². The predicted molar refractivity (Wildman–Crippen MR) is 90.3 cm³/mol. The molecule has 24 heavy (non-hydrogen) atoms. The van der Waals surface area contributed by atoms with Gasteiger partial charge >= 0.3 is 0 Å². The van der Waals surface area contributed by atoms with E-state index in [-0.39, 0.29) is 27.6 Å². The van der Waals surface area contributed by atoms with Gasteiger partial charge in [-0.3, -0.25) is 9.52 Å². The topological polar surface area (TPSA) is 108 Å². The third-order valence-corrected chi connectivity index (χ3v) is 4.79. The lowest BCUT2D eigenvalue weighted by molar-refractivity contribution is 0.100. The summed E-state index contributed by atoms with van der Waals surface area (Å²) in [5.74, 6) is -0.318. The van der Waals surface area contributed by atoms with Gasteiger partial charge in [0.15, 0.2) is 11.5 Å². The molecule has 128 valence electrons. The molecular formula is C15H15ClN2O5S. The van der Waals surface area contributed by atoms with Gasteiger partial charge in [0.05, 0.1) is 30.4 Å². The summed E-state index contributed by atoms with van der Waals surface area (Å²) < 4.78 is 37.5. The summed E-state index contributed by atoms with van der Waals surface area (Å²) in [5, 5.41) is 0.401. The van der Waals surface area contributed by atoms with E-state index in [0.717, 1.165) is 0 Å². The first-order chi connectivity index (χ1) is 11.3. The fourth-order valence-corrected chi connectivity index (χ4v) is 3.18. The molecule has 7 nitrogen and oxygen atoms in total. The Morgan fingerprint density at radius 1 is 1.08 bits per heavy atom. The van der Waals surface area contributed by atoms with Gasteiger partial charge in [0, 0.05) is 11.1 Å². The maximum absolute atomic E-state index is 12.5. The van der Waals surface area contributed by atoms with E-state index in [1.54, 1.807) is 0 Å². The highest BCUT2D eigenvalue weighted by Gasteiger charge is 2.20. The summed E-state index contributed by atoms with van der Waals surface area (Å²) in [6, 6.07) is 8.21. The highest BCUT2D eigenvalue weighted by atomic mass is 35.5. The van der Waals surface area contributed by atoms with Crippen molar-refractivity contribution in [1.82, 2.24) is 0 Å². The molecule has 0 unspecified atom stereocenters. The number of halogens is 1. The summed E-state index contributed by atoms with van der Waals surface area (Å²) in [6.45, 7) is 0. The largest absolute Gasteiger partial charge is 0.493 e. The van der Waals surface area contributed by atoms with Crippen LogP contribution >= 0.6 is 11.6 Å². The molecule has 2 rings (SSSR count). The van der Waals surface area contributed by atoms with E-state index in [1.165, 1.54) is 50.6 Å². The monoisotopic (exact) mass is 370 g/mol. The zero-order valence-electron chi connectivity index (χ0n) is 12.9. The van der Waals surface area contributed by atoms with E-state index in [2.05, 4.69) is 4.72 Å². The van der Waals surface area contributed by atoms with Crippen LogP contribution in [-0.2, 0) is 10.0 Å². The number of sulfonamides is 1. The minimum atomic E-state index is -3.94. The van der Waals surface area contributed by atoms with Crippen LogP contribution in [0.2, 0.25) is 5.02 Å². The molecule has 0 bridgehead atoms. The summed E-state index contributed by atoms with van der Waals surface area (Å²) in [6.07, 6.45) is 0. The van der Waals surface area contributed by atoms with E-state index >= 15 is 0 Å². The number of hydrogen-bond acceptors (Lipinski definition) is 5. The van der Waals surface area contributed by atoms with Crippen LogP contribution in [0.15, 0.2) is 41.3 Å². The van der Waals surface area contributed by atoms with Crippen LogP contribution in [0.25, 0.3) is 0 Å². The Balaban J connectivity index is 2.51. The van der Waals surface area contributed by atoms with E-state index in [1.807, 2.05) is 0 Å². The molecule has 0 aromatic heterocycles. The molecule has 0 aliphatic heterocycles. The minimum Gasteiger partial charge on any atom is -0.493 e. The lowest BCUT2D eigenvalue weighted by Crippen LogP contribution is -2.19. The zero-order chi connectivity index (χ0) is 17.9. The van der Waals surface area contributed by atoms with Crippen molar-refractivity contribution in [2.75, 3.05) is 18.9 Å². The number of rotatable bonds is 6. The Bertz CT molecular complexity index is 866. The van der Waals surface area contributed by atoms with Gasteiger partial charge in [-0.2, -0.15) is 0 Å². The Labute approximate surface area is 144 Å². The quantitative estimate of drug-likeness (QED) is 0.810. The second-order valence-corrected chi connectivity index (χ2v) is 6.80. The van der Waals surface area contributed by atoms with E-state index < -0.39 is 15.9 Å². The first-order valence-electron chi connectivity index (χ1n) is 6.62. The highest BCUT2D eigenvalue weighted by Crippen LogP contribution is 2.34. The normalized spacial score (nSPS) is 11.0. The first kappa shape index (κ1) is 17.9. The minimum absolute atomic E-state index is 0.0166. The number of methoxy groups -OCH3 is 2. The van der Waals surface area contributed by atoms with Crippen molar-refractivity contribution in [3.8, 4) is 11.5 Å². The maximum Gasteiger partial charge on any atom is 0.261 e. The maximum atomic E-state index is 12.5. The zero-order valence-corrected chi connectivity index (χ0v) is 14.4. The van der Waals surface area contributed by atoms with Crippen LogP contribution in [0.1, 0.15) is 10.4 Å². The molecule has 2 aromatic rings. The van der Waals surface area contributed by atoms with E-state index in [9.17, 15) is 13.2 Å². The average molecular weight is 371 g/mol. The molecule has 0 aliphatic rings. The van der Waals surface area contributed by atoms with Gasteiger partial charge in [0.25, 0.3) is 15.9 Å². The van der Waals surface area contributed by atoms with Crippen LogP contribution in [0, 0.1) is 0 Å². The molecule has 0 heterocycles. The number of nitrogens with one attached hydrogen (secondary N) is 1. The number of ether oxygens (including phenoxy) is 2. The molecule has 3 N–H and O–H groups in total. The summed E-state index contributed by atoms with van der Waals surface area (Å²) >= 11 is 5.75. The summed E-state index contributed by atoms with van der Waals surface area (Å²) in [4.78, 5) is 11.6. The number of primary amides is 1. The Kier molecular flexibility index (Phi) is 5.20. The van der Waals surface area contributed by atoms with Crippen molar-refractivity contribution in [3.63, 3.8) is 0 Å². The Morgan fingerprint density at radius 3 is 2.12 bits per heavy atom. The molecule has 0 atom stereocenters. The van der Waals surface area contributed by atoms with Crippen molar-refractivity contribution in [3.05, 3.63) is 47.0 Å². The van der Waals surface area contributed by atoms with Gasteiger partial charge in [0.1, 0.15) is 0 Å². The smallest absolute Gasteiger partial charge is 0.261 e. The molecular weight excluding hydrogens is 356 g/mol. The second-order valence-electron chi connectivity index (χ2n) is 4.68. The summed E-state index contributed by atoms with van der Waals surface area (Å²) in [5.41, 5.74) is 5.25. The third-order valence-electron chi connectivity index (χ3n) is 3.16. The Hall–Kier alpha value is -2.45.